The van der Waals surface area contributed by atoms with Crippen LogP contribution >= 0.6 is 0 Å². The third-order valence-corrected chi connectivity index (χ3v) is 4.58. The van der Waals surface area contributed by atoms with Crippen LogP contribution in [-0.4, -0.2) is 10.2 Å². The third kappa shape index (κ3) is 2.07. The van der Waals surface area contributed by atoms with Gasteiger partial charge in [0.1, 0.15) is 0 Å². The van der Waals surface area contributed by atoms with Gasteiger partial charge < -0.3 is 0 Å². The Balaban J connectivity index is 1.82. The van der Waals surface area contributed by atoms with E-state index in [1.807, 2.05) is 12.4 Å². The van der Waals surface area contributed by atoms with E-state index in [0.717, 1.165) is 5.56 Å². The molecule has 0 bridgehead atoms. The number of benzene rings is 2. The molecule has 104 valence electrons. The lowest BCUT2D eigenvalue weighted by Crippen LogP contribution is -2.05. The van der Waals surface area contributed by atoms with Crippen LogP contribution in [0.2, 0.25) is 0 Å². The van der Waals surface area contributed by atoms with Crippen LogP contribution in [0.5, 0.6) is 0 Å². The van der Waals surface area contributed by atoms with Gasteiger partial charge in [0, 0.05) is 17.7 Å². The quantitative estimate of drug-likeness (QED) is 0.737. The minimum absolute atomic E-state index is 0.507. The normalized spacial score (nSPS) is 20.4. The van der Waals surface area contributed by atoms with Crippen molar-refractivity contribution in [1.82, 2.24) is 10.2 Å². The number of nitrogens with zero attached hydrogens (tertiary/aromatic N) is 1. The molecule has 0 radical (unpaired) electrons. The molecule has 3 aromatic rings. The van der Waals surface area contributed by atoms with Gasteiger partial charge in [0.25, 0.3) is 0 Å². The molecule has 0 fully saturated rings. The second kappa shape index (κ2) is 4.88. The first kappa shape index (κ1) is 12.4. The Morgan fingerprint density at radius 1 is 1.05 bits per heavy atom. The maximum Gasteiger partial charge on any atom is 0.0565 e. The molecule has 2 heteroatoms. The average molecular weight is 274 g/mol. The molecule has 2 nitrogen and oxygen atoms in total. The average Bonchev–Trinajstić information content (AvgIpc) is 3.14. The first-order valence-corrected chi connectivity index (χ1v) is 7.50. The van der Waals surface area contributed by atoms with Crippen molar-refractivity contribution >= 4 is 0 Å². The molecule has 1 aliphatic rings. The highest BCUT2D eigenvalue weighted by Gasteiger charge is 2.30. The van der Waals surface area contributed by atoms with E-state index in [4.69, 9.17) is 0 Å². The molecule has 21 heavy (non-hydrogen) atoms. The minimum atomic E-state index is 0.507. The molecular formula is C19H18N2. The van der Waals surface area contributed by atoms with E-state index in [2.05, 4.69) is 65.7 Å². The van der Waals surface area contributed by atoms with Gasteiger partial charge in [-0.15, -0.1) is 0 Å². The summed E-state index contributed by atoms with van der Waals surface area (Å²) in [4.78, 5) is 0. The summed E-state index contributed by atoms with van der Waals surface area (Å²) in [6, 6.07) is 17.7. The fourth-order valence-corrected chi connectivity index (χ4v) is 3.60. The summed E-state index contributed by atoms with van der Waals surface area (Å²) in [5.41, 5.74) is 6.80. The lowest BCUT2D eigenvalue weighted by molar-refractivity contribution is 0.557. The van der Waals surface area contributed by atoms with E-state index >= 15 is 0 Å². The smallest absolute Gasteiger partial charge is 0.0565 e. The maximum absolute atomic E-state index is 4.06. The van der Waals surface area contributed by atoms with Crippen LogP contribution in [0.25, 0.3) is 11.1 Å². The summed E-state index contributed by atoms with van der Waals surface area (Å²) < 4.78 is 0. The molecule has 4 rings (SSSR count). The van der Waals surface area contributed by atoms with Gasteiger partial charge in [-0.1, -0.05) is 55.5 Å². The molecule has 2 aromatic carbocycles. The van der Waals surface area contributed by atoms with Crippen LogP contribution in [0.4, 0.5) is 0 Å². The van der Waals surface area contributed by atoms with Crippen molar-refractivity contribution in [3.8, 4) is 11.1 Å². The van der Waals surface area contributed by atoms with Crippen molar-refractivity contribution in [2.75, 3.05) is 0 Å². The molecule has 1 aliphatic carbocycles. The molecule has 0 spiro atoms. The Morgan fingerprint density at radius 3 is 2.67 bits per heavy atom. The number of aromatic amines is 1. The van der Waals surface area contributed by atoms with E-state index in [1.54, 1.807) is 0 Å². The molecule has 0 amide bonds. The first-order chi connectivity index (χ1) is 10.3. The summed E-state index contributed by atoms with van der Waals surface area (Å²) in [5.74, 6) is 1.16. The van der Waals surface area contributed by atoms with Gasteiger partial charge in [-0.3, -0.25) is 5.10 Å². The van der Waals surface area contributed by atoms with E-state index in [-0.39, 0.29) is 0 Å². The van der Waals surface area contributed by atoms with Gasteiger partial charge in [-0.25, -0.2) is 0 Å². The Kier molecular flexibility index (Phi) is 2.88. The van der Waals surface area contributed by atoms with Gasteiger partial charge in [-0.2, -0.15) is 5.10 Å². The third-order valence-electron chi connectivity index (χ3n) is 4.58. The maximum atomic E-state index is 4.06. The van der Waals surface area contributed by atoms with E-state index in [1.165, 1.54) is 28.7 Å². The molecule has 0 aliphatic heterocycles. The zero-order valence-electron chi connectivity index (χ0n) is 12.1. The number of aromatic nitrogens is 2. The first-order valence-electron chi connectivity index (χ1n) is 7.50. The molecule has 0 unspecified atom stereocenters. The second-order valence-corrected chi connectivity index (χ2v) is 5.97. The van der Waals surface area contributed by atoms with E-state index < -0.39 is 0 Å². The Labute approximate surface area is 124 Å². The van der Waals surface area contributed by atoms with E-state index in [0.29, 0.717) is 11.8 Å². The molecule has 1 N–H and O–H groups in total. The highest BCUT2D eigenvalue weighted by molar-refractivity contribution is 5.65. The van der Waals surface area contributed by atoms with Crippen LogP contribution in [0.15, 0.2) is 60.9 Å². The molecular weight excluding hydrogens is 256 g/mol. The number of hydrogen-bond acceptors (Lipinski definition) is 1. The standard InChI is InChI=1S/C19H18N2/c1-13-9-16-8-7-15(17-11-20-21-12-17)10-18(16)19(13)14-5-3-2-4-6-14/h2-8,10-13,19H,9H2,1H3,(H,20,21)/t13-,19-/m0/s1. The zero-order valence-corrected chi connectivity index (χ0v) is 12.1. The number of H-pyrrole nitrogens is 1. The SMILES string of the molecule is C[C@H]1Cc2ccc(-c3cn[nH]c3)cc2[C@@H]1c1ccccc1. The predicted molar refractivity (Wildman–Crippen MR) is 85.2 cm³/mol. The number of hydrogen-bond donors (Lipinski definition) is 1. The van der Waals surface area contributed by atoms with Crippen molar-refractivity contribution in [2.24, 2.45) is 5.92 Å². The van der Waals surface area contributed by atoms with Gasteiger partial charge in [-0.05, 0) is 34.6 Å². The van der Waals surface area contributed by atoms with Crippen LogP contribution in [-0.2, 0) is 6.42 Å². The van der Waals surface area contributed by atoms with Crippen LogP contribution in [0.3, 0.4) is 0 Å². The largest absolute Gasteiger partial charge is 0.285 e. The van der Waals surface area contributed by atoms with Crippen molar-refractivity contribution in [1.29, 1.82) is 0 Å². The van der Waals surface area contributed by atoms with Gasteiger partial charge in [0.2, 0.25) is 0 Å². The summed E-state index contributed by atoms with van der Waals surface area (Å²) in [5, 5.41) is 6.96. The summed E-state index contributed by atoms with van der Waals surface area (Å²) in [7, 11) is 0. The Morgan fingerprint density at radius 2 is 1.90 bits per heavy atom. The lowest BCUT2D eigenvalue weighted by Gasteiger charge is -2.17. The topological polar surface area (TPSA) is 28.7 Å². The van der Waals surface area contributed by atoms with Crippen molar-refractivity contribution in [3.05, 3.63) is 77.6 Å². The van der Waals surface area contributed by atoms with Gasteiger partial charge >= 0.3 is 0 Å². The lowest BCUT2D eigenvalue weighted by atomic mass is 9.86. The van der Waals surface area contributed by atoms with E-state index in [9.17, 15) is 0 Å². The molecule has 0 saturated heterocycles. The monoisotopic (exact) mass is 274 g/mol. The predicted octanol–water partition coefficient (Wildman–Crippen LogP) is 4.40. The summed E-state index contributed by atoms with van der Waals surface area (Å²) in [6.07, 6.45) is 5.01. The Bertz CT molecular complexity index is 745. The number of rotatable bonds is 2. The van der Waals surface area contributed by atoms with Crippen LogP contribution < -0.4 is 0 Å². The molecule has 2 atom stereocenters. The van der Waals surface area contributed by atoms with Crippen molar-refractivity contribution in [2.45, 2.75) is 19.3 Å². The highest BCUT2D eigenvalue weighted by Crippen LogP contribution is 2.43. The van der Waals surface area contributed by atoms with Gasteiger partial charge in [0.15, 0.2) is 0 Å². The fraction of sp³-hybridized carbons (Fsp3) is 0.211. The zero-order chi connectivity index (χ0) is 14.2. The van der Waals surface area contributed by atoms with Crippen LogP contribution in [0.1, 0.15) is 29.5 Å². The van der Waals surface area contributed by atoms with Crippen molar-refractivity contribution in [3.63, 3.8) is 0 Å². The molecule has 1 aromatic heterocycles. The fourth-order valence-electron chi connectivity index (χ4n) is 3.60. The highest BCUT2D eigenvalue weighted by atomic mass is 15.1. The van der Waals surface area contributed by atoms with Crippen molar-refractivity contribution < 1.29 is 0 Å². The second-order valence-electron chi connectivity index (χ2n) is 5.97. The number of fused-ring (bicyclic) bond motifs is 1. The Hall–Kier alpha value is -2.35. The minimum Gasteiger partial charge on any atom is -0.285 e. The van der Waals surface area contributed by atoms with Gasteiger partial charge in [0.05, 0.1) is 6.20 Å². The van der Waals surface area contributed by atoms with Crippen LogP contribution in [0, 0.1) is 5.92 Å². The molecule has 0 saturated carbocycles. The summed E-state index contributed by atoms with van der Waals surface area (Å²) >= 11 is 0. The molecule has 1 heterocycles. The number of nitrogens with one attached hydrogen (secondary N) is 1. The summed E-state index contributed by atoms with van der Waals surface area (Å²) in [6.45, 7) is 2.36.